The Hall–Kier alpha value is -1.65. The molecule has 1 N–H and O–H groups in total. The number of aromatic nitrogens is 2. The fraction of sp³-hybridized carbons (Fsp3) is 0.0909. The van der Waals surface area contributed by atoms with Gasteiger partial charge in [0.15, 0.2) is 0 Å². The summed E-state index contributed by atoms with van der Waals surface area (Å²) in [6.07, 6.45) is 2.92. The number of ether oxygens (including phenoxy) is 1. The monoisotopic (exact) mass is 236 g/mol. The Labute approximate surface area is 97.5 Å². The molecule has 16 heavy (non-hydrogen) atoms. The second kappa shape index (κ2) is 4.92. The molecule has 1 aromatic carbocycles. The summed E-state index contributed by atoms with van der Waals surface area (Å²) < 4.78 is 5.42. The highest BCUT2D eigenvalue weighted by molar-refractivity contribution is 6.30. The van der Waals surface area contributed by atoms with Crippen molar-refractivity contribution in [3.63, 3.8) is 0 Å². The van der Waals surface area contributed by atoms with E-state index < -0.39 is 0 Å². The molecule has 0 aliphatic heterocycles. The zero-order valence-corrected chi connectivity index (χ0v) is 9.05. The van der Waals surface area contributed by atoms with Gasteiger partial charge in [0.2, 0.25) is 5.88 Å². The van der Waals surface area contributed by atoms with Crippen LogP contribution in [0.25, 0.3) is 0 Å². The first-order chi connectivity index (χ1) is 7.78. The average molecular weight is 237 g/mol. The molecule has 0 bridgehead atoms. The maximum atomic E-state index is 8.79. The summed E-state index contributed by atoms with van der Waals surface area (Å²) in [6, 6.07) is 6.94. The van der Waals surface area contributed by atoms with E-state index in [-0.39, 0.29) is 6.61 Å². The zero-order valence-electron chi connectivity index (χ0n) is 8.30. The van der Waals surface area contributed by atoms with E-state index in [9.17, 15) is 0 Å². The maximum Gasteiger partial charge on any atom is 0.237 e. The molecule has 5 heteroatoms. The molecule has 2 aromatic rings. The van der Waals surface area contributed by atoms with Gasteiger partial charge < -0.3 is 9.84 Å². The van der Waals surface area contributed by atoms with Gasteiger partial charge >= 0.3 is 0 Å². The standard InChI is InChI=1S/C11H9ClN2O2/c12-8-1-3-10(4-2-8)16-11-6-13-9(7-15)5-14-11/h1-6,15H,7H2. The lowest BCUT2D eigenvalue weighted by molar-refractivity contribution is 0.276. The van der Waals surface area contributed by atoms with Crippen LogP contribution in [0.15, 0.2) is 36.7 Å². The van der Waals surface area contributed by atoms with Crippen molar-refractivity contribution in [1.82, 2.24) is 9.97 Å². The highest BCUT2D eigenvalue weighted by Crippen LogP contribution is 2.20. The predicted molar refractivity (Wildman–Crippen MR) is 59.5 cm³/mol. The summed E-state index contributed by atoms with van der Waals surface area (Å²) in [4.78, 5) is 7.94. The van der Waals surface area contributed by atoms with E-state index in [1.54, 1.807) is 24.3 Å². The SMILES string of the molecule is OCc1cnc(Oc2ccc(Cl)cc2)cn1. The van der Waals surface area contributed by atoms with Gasteiger partial charge in [0.25, 0.3) is 0 Å². The normalized spacial score (nSPS) is 10.1. The Morgan fingerprint density at radius 1 is 1.12 bits per heavy atom. The van der Waals surface area contributed by atoms with E-state index in [0.29, 0.717) is 22.3 Å². The molecule has 0 unspecified atom stereocenters. The van der Waals surface area contributed by atoms with Crippen LogP contribution < -0.4 is 4.74 Å². The topological polar surface area (TPSA) is 55.2 Å². The molecule has 0 atom stereocenters. The number of aliphatic hydroxyl groups excluding tert-OH is 1. The minimum absolute atomic E-state index is 0.131. The molecule has 1 aromatic heterocycles. The molecule has 1 heterocycles. The molecule has 2 rings (SSSR count). The van der Waals surface area contributed by atoms with Crippen LogP contribution in [0, 0.1) is 0 Å². The van der Waals surface area contributed by atoms with E-state index in [1.165, 1.54) is 12.4 Å². The van der Waals surface area contributed by atoms with Crippen molar-refractivity contribution in [2.45, 2.75) is 6.61 Å². The molecule has 4 nitrogen and oxygen atoms in total. The highest BCUT2D eigenvalue weighted by Gasteiger charge is 1.99. The minimum Gasteiger partial charge on any atom is -0.438 e. The molecule has 0 saturated carbocycles. The highest BCUT2D eigenvalue weighted by atomic mass is 35.5. The first-order valence-corrected chi connectivity index (χ1v) is 5.01. The quantitative estimate of drug-likeness (QED) is 0.889. The van der Waals surface area contributed by atoms with Crippen LogP contribution in [0.2, 0.25) is 5.02 Å². The van der Waals surface area contributed by atoms with Gasteiger partial charge in [-0.3, -0.25) is 4.98 Å². The molecule has 82 valence electrons. The van der Waals surface area contributed by atoms with Crippen molar-refractivity contribution in [3.8, 4) is 11.6 Å². The van der Waals surface area contributed by atoms with E-state index in [2.05, 4.69) is 9.97 Å². The second-order valence-corrected chi connectivity index (χ2v) is 3.50. The van der Waals surface area contributed by atoms with E-state index >= 15 is 0 Å². The van der Waals surface area contributed by atoms with E-state index in [0.717, 1.165) is 0 Å². The number of hydrogen-bond acceptors (Lipinski definition) is 4. The Bertz CT molecular complexity index is 456. The van der Waals surface area contributed by atoms with Gasteiger partial charge in [-0.2, -0.15) is 0 Å². The van der Waals surface area contributed by atoms with Gasteiger partial charge in [-0.1, -0.05) is 11.6 Å². The van der Waals surface area contributed by atoms with Crippen molar-refractivity contribution in [1.29, 1.82) is 0 Å². The summed E-state index contributed by atoms with van der Waals surface area (Å²) >= 11 is 5.74. The first-order valence-electron chi connectivity index (χ1n) is 4.63. The van der Waals surface area contributed by atoms with Crippen LogP contribution in [0.4, 0.5) is 0 Å². The van der Waals surface area contributed by atoms with Crippen LogP contribution in [-0.2, 0) is 6.61 Å². The van der Waals surface area contributed by atoms with Gasteiger partial charge in [-0.25, -0.2) is 4.98 Å². The predicted octanol–water partition coefficient (Wildman–Crippen LogP) is 2.41. The summed E-state index contributed by atoms with van der Waals surface area (Å²) in [7, 11) is 0. The first kappa shape index (κ1) is 10.9. The number of nitrogens with zero attached hydrogens (tertiary/aromatic N) is 2. The minimum atomic E-state index is -0.131. The van der Waals surface area contributed by atoms with Crippen molar-refractivity contribution >= 4 is 11.6 Å². The van der Waals surface area contributed by atoms with Gasteiger partial charge in [0, 0.05) is 5.02 Å². The molecule has 0 radical (unpaired) electrons. The van der Waals surface area contributed by atoms with Crippen molar-refractivity contribution in [2.24, 2.45) is 0 Å². The number of aliphatic hydroxyl groups is 1. The molecule has 0 aliphatic rings. The fourth-order valence-electron chi connectivity index (χ4n) is 1.10. The van der Waals surface area contributed by atoms with Crippen molar-refractivity contribution in [2.75, 3.05) is 0 Å². The van der Waals surface area contributed by atoms with E-state index in [4.69, 9.17) is 21.4 Å². The van der Waals surface area contributed by atoms with Gasteiger partial charge in [0.1, 0.15) is 5.75 Å². The zero-order chi connectivity index (χ0) is 11.4. The van der Waals surface area contributed by atoms with Gasteiger partial charge in [0.05, 0.1) is 24.7 Å². The van der Waals surface area contributed by atoms with Gasteiger partial charge in [-0.05, 0) is 24.3 Å². The number of halogens is 1. The summed E-state index contributed by atoms with van der Waals surface area (Å²) in [5.41, 5.74) is 0.503. The third-order valence-electron chi connectivity index (χ3n) is 1.88. The molecule has 0 aliphatic carbocycles. The number of rotatable bonds is 3. The second-order valence-electron chi connectivity index (χ2n) is 3.06. The van der Waals surface area contributed by atoms with Crippen LogP contribution in [0.3, 0.4) is 0 Å². The van der Waals surface area contributed by atoms with E-state index in [1.807, 2.05) is 0 Å². The molecule has 0 fully saturated rings. The molecule has 0 spiro atoms. The fourth-order valence-corrected chi connectivity index (χ4v) is 1.23. The largest absolute Gasteiger partial charge is 0.438 e. The molecule has 0 amide bonds. The Morgan fingerprint density at radius 2 is 1.88 bits per heavy atom. The van der Waals surface area contributed by atoms with Crippen LogP contribution in [0.5, 0.6) is 11.6 Å². The number of hydrogen-bond donors (Lipinski definition) is 1. The van der Waals surface area contributed by atoms with Crippen LogP contribution in [-0.4, -0.2) is 15.1 Å². The third kappa shape index (κ3) is 2.68. The Kier molecular flexibility index (Phi) is 3.34. The van der Waals surface area contributed by atoms with Gasteiger partial charge in [-0.15, -0.1) is 0 Å². The Morgan fingerprint density at radius 3 is 2.44 bits per heavy atom. The van der Waals surface area contributed by atoms with Crippen molar-refractivity contribution < 1.29 is 9.84 Å². The lowest BCUT2D eigenvalue weighted by Crippen LogP contribution is -1.93. The van der Waals surface area contributed by atoms with Crippen molar-refractivity contribution in [3.05, 3.63) is 47.4 Å². The van der Waals surface area contributed by atoms with Crippen LogP contribution >= 0.6 is 11.6 Å². The van der Waals surface area contributed by atoms with Crippen LogP contribution in [0.1, 0.15) is 5.69 Å². The average Bonchev–Trinajstić information content (AvgIpc) is 2.33. The Balaban J connectivity index is 2.11. The maximum absolute atomic E-state index is 8.79. The summed E-state index contributed by atoms with van der Waals surface area (Å²) in [5.74, 6) is 1.01. The summed E-state index contributed by atoms with van der Waals surface area (Å²) in [5, 5.41) is 9.44. The lowest BCUT2D eigenvalue weighted by atomic mass is 10.3. The third-order valence-corrected chi connectivity index (χ3v) is 2.13. The lowest BCUT2D eigenvalue weighted by Gasteiger charge is -2.04. The molecular formula is C11H9ClN2O2. The molecule has 0 saturated heterocycles. The number of benzene rings is 1. The molecular weight excluding hydrogens is 228 g/mol. The smallest absolute Gasteiger partial charge is 0.237 e. The summed E-state index contributed by atoms with van der Waals surface area (Å²) in [6.45, 7) is -0.131.